The van der Waals surface area contributed by atoms with E-state index in [1.807, 2.05) is 19.1 Å². The fourth-order valence-corrected chi connectivity index (χ4v) is 3.91. The molecule has 5 nitrogen and oxygen atoms in total. The fraction of sp³-hybridized carbons (Fsp3) is 0.600. The molecule has 1 fully saturated rings. The number of benzene rings is 1. The molecule has 6 heteroatoms. The first-order valence-electron chi connectivity index (χ1n) is 7.43. The Morgan fingerprint density at radius 3 is 2.86 bits per heavy atom. The zero-order chi connectivity index (χ0) is 15.3. The Morgan fingerprint density at radius 1 is 1.38 bits per heavy atom. The number of hydrogen-bond donors (Lipinski definition) is 2. The summed E-state index contributed by atoms with van der Waals surface area (Å²) < 4.78 is 33.0. The van der Waals surface area contributed by atoms with Crippen LogP contribution in [0.25, 0.3) is 0 Å². The minimum absolute atomic E-state index is 0.115. The first-order valence-corrected chi connectivity index (χ1v) is 8.91. The summed E-state index contributed by atoms with van der Waals surface area (Å²) in [5.41, 5.74) is 1.75. The van der Waals surface area contributed by atoms with Gasteiger partial charge in [-0.3, -0.25) is 0 Å². The summed E-state index contributed by atoms with van der Waals surface area (Å²) in [6, 6.07) is 5.48. The monoisotopic (exact) mass is 312 g/mol. The van der Waals surface area contributed by atoms with E-state index in [0.717, 1.165) is 30.5 Å². The lowest BCUT2D eigenvalue weighted by Crippen LogP contribution is -2.35. The van der Waals surface area contributed by atoms with Gasteiger partial charge in [-0.05, 0) is 43.5 Å². The highest BCUT2D eigenvalue weighted by Crippen LogP contribution is 2.18. The number of aryl methyl sites for hydroxylation is 1. The molecule has 2 N–H and O–H groups in total. The minimum Gasteiger partial charge on any atom is -0.380 e. The maximum Gasteiger partial charge on any atom is 0.241 e. The van der Waals surface area contributed by atoms with E-state index in [0.29, 0.717) is 24.7 Å². The van der Waals surface area contributed by atoms with Gasteiger partial charge in [-0.15, -0.1) is 0 Å². The van der Waals surface area contributed by atoms with Gasteiger partial charge in [0.15, 0.2) is 0 Å². The van der Waals surface area contributed by atoms with Crippen molar-refractivity contribution in [3.05, 3.63) is 29.3 Å². The van der Waals surface area contributed by atoms with E-state index in [1.165, 1.54) is 0 Å². The molecule has 2 rings (SSSR count). The zero-order valence-corrected chi connectivity index (χ0v) is 13.5. The van der Waals surface area contributed by atoms with Crippen LogP contribution in [0.5, 0.6) is 0 Å². The molecule has 0 saturated carbocycles. The van der Waals surface area contributed by atoms with E-state index in [9.17, 15) is 8.42 Å². The van der Waals surface area contributed by atoms with Crippen molar-refractivity contribution in [1.82, 2.24) is 10.0 Å². The van der Waals surface area contributed by atoms with Crippen molar-refractivity contribution < 1.29 is 13.2 Å². The van der Waals surface area contributed by atoms with Gasteiger partial charge in [0, 0.05) is 19.2 Å². The van der Waals surface area contributed by atoms with E-state index < -0.39 is 10.0 Å². The summed E-state index contributed by atoms with van der Waals surface area (Å²) in [5, 5.41) is 3.29. The van der Waals surface area contributed by atoms with Gasteiger partial charge in [-0.2, -0.15) is 0 Å². The second-order valence-corrected chi connectivity index (χ2v) is 7.14. The van der Waals surface area contributed by atoms with Crippen molar-refractivity contribution in [1.29, 1.82) is 0 Å². The first kappa shape index (κ1) is 16.4. The quantitative estimate of drug-likeness (QED) is 0.750. The minimum atomic E-state index is -3.49. The number of ether oxygens (including phenoxy) is 1. The third-order valence-corrected chi connectivity index (χ3v) is 5.21. The van der Waals surface area contributed by atoms with Crippen LogP contribution in [-0.2, 0) is 21.3 Å². The number of sulfonamides is 1. The number of nitrogens with one attached hydrogen (secondary N) is 2. The molecule has 0 bridgehead atoms. The lowest BCUT2D eigenvalue weighted by molar-refractivity contribution is 0.192. The van der Waals surface area contributed by atoms with E-state index in [4.69, 9.17) is 4.74 Å². The van der Waals surface area contributed by atoms with Crippen LogP contribution in [0.1, 0.15) is 30.9 Å². The average Bonchev–Trinajstić information content (AvgIpc) is 2.93. The number of hydrogen-bond acceptors (Lipinski definition) is 4. The molecule has 1 atom stereocenters. The van der Waals surface area contributed by atoms with Gasteiger partial charge in [0.05, 0.1) is 11.5 Å². The average molecular weight is 312 g/mol. The van der Waals surface area contributed by atoms with Gasteiger partial charge in [-0.1, -0.05) is 19.1 Å². The predicted molar refractivity (Wildman–Crippen MR) is 82.7 cm³/mol. The molecular formula is C15H24N2O3S. The molecule has 1 saturated heterocycles. The molecule has 1 heterocycles. The highest BCUT2D eigenvalue weighted by atomic mass is 32.2. The molecule has 0 radical (unpaired) electrons. The Kier molecular flexibility index (Phi) is 5.75. The largest absolute Gasteiger partial charge is 0.380 e. The molecule has 1 aliphatic rings. The summed E-state index contributed by atoms with van der Waals surface area (Å²) in [6.07, 6.45) is 1.79. The van der Waals surface area contributed by atoms with E-state index in [-0.39, 0.29) is 6.04 Å². The van der Waals surface area contributed by atoms with Crippen LogP contribution in [-0.4, -0.2) is 34.2 Å². The van der Waals surface area contributed by atoms with Crippen LogP contribution in [0, 0.1) is 6.92 Å². The van der Waals surface area contributed by atoms with Crippen molar-refractivity contribution in [2.24, 2.45) is 0 Å². The normalized spacial score (nSPS) is 19.0. The van der Waals surface area contributed by atoms with Crippen LogP contribution in [0.4, 0.5) is 0 Å². The lowest BCUT2D eigenvalue weighted by Gasteiger charge is -2.14. The van der Waals surface area contributed by atoms with Gasteiger partial charge < -0.3 is 10.1 Å². The molecular weight excluding hydrogens is 288 g/mol. The highest BCUT2D eigenvalue weighted by molar-refractivity contribution is 7.89. The lowest BCUT2D eigenvalue weighted by atomic mass is 10.1. The van der Waals surface area contributed by atoms with Crippen LogP contribution < -0.4 is 10.0 Å². The van der Waals surface area contributed by atoms with Gasteiger partial charge in [-0.25, -0.2) is 13.1 Å². The second-order valence-electron chi connectivity index (χ2n) is 5.46. The van der Waals surface area contributed by atoms with Gasteiger partial charge in [0.25, 0.3) is 0 Å². The van der Waals surface area contributed by atoms with Crippen molar-refractivity contribution in [2.45, 2.75) is 44.2 Å². The Labute approximate surface area is 127 Å². The molecule has 1 unspecified atom stereocenters. The number of rotatable bonds is 7. The Balaban J connectivity index is 2.14. The second kappa shape index (κ2) is 7.35. The third kappa shape index (κ3) is 4.51. The van der Waals surface area contributed by atoms with Crippen molar-refractivity contribution in [3.63, 3.8) is 0 Å². The van der Waals surface area contributed by atoms with Crippen LogP contribution in [0.15, 0.2) is 23.1 Å². The maximum absolute atomic E-state index is 12.5. The fourth-order valence-electron chi connectivity index (χ4n) is 2.36. The summed E-state index contributed by atoms with van der Waals surface area (Å²) in [6.45, 7) is 6.61. The van der Waals surface area contributed by atoms with Gasteiger partial charge >= 0.3 is 0 Å². The molecule has 118 valence electrons. The summed E-state index contributed by atoms with van der Waals surface area (Å²) in [4.78, 5) is 0.366. The maximum atomic E-state index is 12.5. The van der Waals surface area contributed by atoms with E-state index in [2.05, 4.69) is 17.0 Å². The van der Waals surface area contributed by atoms with Crippen LogP contribution >= 0.6 is 0 Å². The van der Waals surface area contributed by atoms with E-state index >= 15 is 0 Å². The third-order valence-electron chi connectivity index (χ3n) is 3.55. The summed E-state index contributed by atoms with van der Waals surface area (Å²) in [5.74, 6) is 0. The Hall–Kier alpha value is -0.950. The van der Waals surface area contributed by atoms with Crippen LogP contribution in [0.3, 0.4) is 0 Å². The zero-order valence-electron chi connectivity index (χ0n) is 12.7. The molecule has 0 spiro atoms. The smallest absolute Gasteiger partial charge is 0.241 e. The Bertz CT molecular complexity index is 566. The molecule has 0 amide bonds. The molecule has 0 aliphatic carbocycles. The molecule has 21 heavy (non-hydrogen) atoms. The first-order chi connectivity index (χ1) is 10.0. The predicted octanol–water partition coefficient (Wildman–Crippen LogP) is 1.56. The topological polar surface area (TPSA) is 67.4 Å². The van der Waals surface area contributed by atoms with Crippen molar-refractivity contribution >= 4 is 10.0 Å². The van der Waals surface area contributed by atoms with Gasteiger partial charge in [0.2, 0.25) is 10.0 Å². The molecule has 1 aromatic rings. The van der Waals surface area contributed by atoms with Gasteiger partial charge in [0.1, 0.15) is 0 Å². The Morgan fingerprint density at radius 2 is 2.19 bits per heavy atom. The summed E-state index contributed by atoms with van der Waals surface area (Å²) in [7, 11) is -3.49. The van der Waals surface area contributed by atoms with E-state index in [1.54, 1.807) is 6.07 Å². The van der Waals surface area contributed by atoms with Crippen molar-refractivity contribution in [2.75, 3.05) is 19.8 Å². The molecule has 1 aromatic carbocycles. The van der Waals surface area contributed by atoms with Crippen LogP contribution in [0.2, 0.25) is 0 Å². The summed E-state index contributed by atoms with van der Waals surface area (Å²) >= 11 is 0. The SMILES string of the molecule is CCCNCc1ccc(C)c(S(=O)(=O)NC2CCOC2)c1. The standard InChI is InChI=1S/C15H24N2O3S/c1-3-7-16-10-13-5-4-12(2)15(9-13)21(18,19)17-14-6-8-20-11-14/h4-5,9,14,16-17H,3,6-8,10-11H2,1-2H3. The molecule has 1 aliphatic heterocycles. The highest BCUT2D eigenvalue weighted by Gasteiger charge is 2.24. The van der Waals surface area contributed by atoms with Crippen molar-refractivity contribution in [3.8, 4) is 0 Å². The molecule has 0 aromatic heterocycles.